The Morgan fingerprint density at radius 2 is 1.80 bits per heavy atom. The van der Waals surface area contributed by atoms with Crippen molar-refractivity contribution in [3.8, 4) is 0 Å². The van der Waals surface area contributed by atoms with E-state index in [1.165, 1.54) is 0 Å². The van der Waals surface area contributed by atoms with E-state index in [-0.39, 0.29) is 12.6 Å². The fourth-order valence-corrected chi connectivity index (χ4v) is 1.26. The molecule has 0 spiro atoms. The minimum atomic E-state index is -2.24. The third-order valence-electron chi connectivity index (χ3n) is 2.52. The van der Waals surface area contributed by atoms with E-state index in [0.717, 1.165) is 19.5 Å². The van der Waals surface area contributed by atoms with E-state index in [1.807, 2.05) is 6.92 Å². The molecule has 0 fully saturated rings. The molecule has 1 atom stereocenters. The Balaban J connectivity index is 3.51. The molecule has 15 heavy (non-hydrogen) atoms. The number of rotatable bonds is 8. The Morgan fingerprint density at radius 3 is 2.27 bits per heavy atom. The lowest BCUT2D eigenvalue weighted by molar-refractivity contribution is 0.0841. The Hall–Kier alpha value is -0.220. The normalized spacial score (nSPS) is 14.2. The molecule has 1 N–H and O–H groups in total. The van der Waals surface area contributed by atoms with Crippen LogP contribution >= 0.6 is 0 Å². The maximum Gasteiger partial charge on any atom is 0.251 e. The zero-order valence-corrected chi connectivity index (χ0v) is 10.3. The van der Waals surface area contributed by atoms with Gasteiger partial charge < -0.3 is 5.32 Å². The molecule has 0 rings (SSSR count). The van der Waals surface area contributed by atoms with Gasteiger partial charge in [0.1, 0.15) is 0 Å². The summed E-state index contributed by atoms with van der Waals surface area (Å²) in [5.74, 6) is 0.687. The van der Waals surface area contributed by atoms with Gasteiger partial charge in [0.15, 0.2) is 0 Å². The highest BCUT2D eigenvalue weighted by Crippen LogP contribution is 2.01. The van der Waals surface area contributed by atoms with Gasteiger partial charge in [-0.15, -0.1) is 0 Å². The highest BCUT2D eigenvalue weighted by atomic mass is 19.3. The lowest BCUT2D eigenvalue weighted by Gasteiger charge is -2.24. The summed E-state index contributed by atoms with van der Waals surface area (Å²) in [6.07, 6.45) is -1.11. The van der Waals surface area contributed by atoms with Gasteiger partial charge in [-0.25, -0.2) is 8.78 Å². The van der Waals surface area contributed by atoms with Crippen LogP contribution in [0.2, 0.25) is 0 Å². The topological polar surface area (TPSA) is 15.3 Å². The van der Waals surface area contributed by atoms with Crippen molar-refractivity contribution in [1.29, 1.82) is 0 Å². The molecule has 0 heterocycles. The van der Waals surface area contributed by atoms with Crippen molar-refractivity contribution in [3.63, 3.8) is 0 Å². The van der Waals surface area contributed by atoms with Gasteiger partial charge >= 0.3 is 0 Å². The van der Waals surface area contributed by atoms with Gasteiger partial charge in [-0.3, -0.25) is 4.90 Å². The van der Waals surface area contributed by atoms with Crippen LogP contribution < -0.4 is 5.32 Å². The largest absolute Gasteiger partial charge is 0.315 e. The first-order chi connectivity index (χ1) is 6.93. The molecule has 1 unspecified atom stereocenters. The molecule has 0 saturated carbocycles. The van der Waals surface area contributed by atoms with Gasteiger partial charge in [-0.2, -0.15) is 0 Å². The lowest BCUT2D eigenvalue weighted by Crippen LogP contribution is -2.40. The van der Waals surface area contributed by atoms with Crippen LogP contribution in [0.4, 0.5) is 8.78 Å². The van der Waals surface area contributed by atoms with E-state index in [0.29, 0.717) is 5.92 Å². The van der Waals surface area contributed by atoms with E-state index in [1.54, 1.807) is 11.9 Å². The second-order valence-electron chi connectivity index (χ2n) is 4.57. The van der Waals surface area contributed by atoms with Crippen LogP contribution in [0.25, 0.3) is 0 Å². The molecule has 0 aliphatic heterocycles. The summed E-state index contributed by atoms with van der Waals surface area (Å²) in [6.45, 7) is 7.90. The van der Waals surface area contributed by atoms with Gasteiger partial charge in [0.25, 0.3) is 6.43 Å². The molecule has 92 valence electrons. The minimum Gasteiger partial charge on any atom is -0.315 e. The smallest absolute Gasteiger partial charge is 0.251 e. The van der Waals surface area contributed by atoms with Crippen molar-refractivity contribution in [3.05, 3.63) is 0 Å². The summed E-state index contributed by atoms with van der Waals surface area (Å²) in [4.78, 5) is 1.69. The molecule has 0 aromatic carbocycles. The number of alkyl halides is 2. The minimum absolute atomic E-state index is 0.146. The standard InChI is InChI=1S/C11H24F2N2/c1-9(2)5-6-14-7-10(3)15(4)8-11(12)13/h9-11,14H,5-8H2,1-4H3. The van der Waals surface area contributed by atoms with Gasteiger partial charge in [-0.05, 0) is 32.9 Å². The number of nitrogens with one attached hydrogen (secondary N) is 1. The molecular formula is C11H24F2N2. The third kappa shape index (κ3) is 8.75. The highest BCUT2D eigenvalue weighted by Gasteiger charge is 2.13. The molecule has 0 saturated heterocycles. The lowest BCUT2D eigenvalue weighted by atomic mass is 10.1. The van der Waals surface area contributed by atoms with E-state index < -0.39 is 6.43 Å². The maximum atomic E-state index is 12.1. The van der Waals surface area contributed by atoms with Gasteiger partial charge in [0, 0.05) is 12.6 Å². The number of likely N-dealkylation sites (N-methyl/N-ethyl adjacent to an activating group) is 1. The number of hydrogen-bond acceptors (Lipinski definition) is 2. The molecule has 0 aliphatic rings. The van der Waals surface area contributed by atoms with Crippen LogP contribution in [0.1, 0.15) is 27.2 Å². The van der Waals surface area contributed by atoms with E-state index in [4.69, 9.17) is 0 Å². The molecule has 4 heteroatoms. The fourth-order valence-electron chi connectivity index (χ4n) is 1.26. The second-order valence-corrected chi connectivity index (χ2v) is 4.57. The predicted octanol–water partition coefficient (Wildman–Crippen LogP) is 2.21. The van der Waals surface area contributed by atoms with E-state index >= 15 is 0 Å². The average Bonchev–Trinajstić information content (AvgIpc) is 2.10. The Bertz CT molecular complexity index is 152. The van der Waals surface area contributed by atoms with Gasteiger partial charge in [-0.1, -0.05) is 13.8 Å². The van der Waals surface area contributed by atoms with Crippen LogP contribution in [-0.4, -0.2) is 44.0 Å². The Labute approximate surface area is 92.0 Å². The molecular weight excluding hydrogens is 198 g/mol. The van der Waals surface area contributed by atoms with Crippen LogP contribution in [-0.2, 0) is 0 Å². The molecule has 0 radical (unpaired) electrons. The monoisotopic (exact) mass is 222 g/mol. The summed E-state index contributed by atoms with van der Waals surface area (Å²) in [5, 5.41) is 3.28. The summed E-state index contributed by atoms with van der Waals surface area (Å²) in [5.41, 5.74) is 0. The first-order valence-electron chi connectivity index (χ1n) is 5.62. The molecule has 0 aromatic heterocycles. The quantitative estimate of drug-likeness (QED) is 0.633. The summed E-state index contributed by atoms with van der Waals surface area (Å²) in [6, 6.07) is 0.158. The van der Waals surface area contributed by atoms with Crippen LogP contribution in [0, 0.1) is 5.92 Å². The molecule has 2 nitrogen and oxygen atoms in total. The highest BCUT2D eigenvalue weighted by molar-refractivity contribution is 4.67. The van der Waals surface area contributed by atoms with Crippen LogP contribution in [0.3, 0.4) is 0 Å². The Morgan fingerprint density at radius 1 is 1.20 bits per heavy atom. The van der Waals surface area contributed by atoms with Gasteiger partial charge in [0.05, 0.1) is 6.54 Å². The van der Waals surface area contributed by atoms with Crippen molar-refractivity contribution >= 4 is 0 Å². The Kier molecular flexibility index (Phi) is 7.88. The van der Waals surface area contributed by atoms with Crippen molar-refractivity contribution < 1.29 is 8.78 Å². The molecule has 0 bridgehead atoms. The maximum absolute atomic E-state index is 12.1. The number of nitrogens with zero attached hydrogens (tertiary/aromatic N) is 1. The SMILES string of the molecule is CC(C)CCNCC(C)N(C)CC(F)F. The van der Waals surface area contributed by atoms with Crippen LogP contribution in [0.15, 0.2) is 0 Å². The number of hydrogen-bond donors (Lipinski definition) is 1. The first kappa shape index (κ1) is 14.8. The fraction of sp³-hybridized carbons (Fsp3) is 1.00. The van der Waals surface area contributed by atoms with Crippen LogP contribution in [0.5, 0.6) is 0 Å². The first-order valence-corrected chi connectivity index (χ1v) is 5.62. The summed E-state index contributed by atoms with van der Waals surface area (Å²) >= 11 is 0. The zero-order valence-electron chi connectivity index (χ0n) is 10.3. The third-order valence-corrected chi connectivity index (χ3v) is 2.52. The number of halogens is 2. The second kappa shape index (κ2) is 7.99. The molecule has 0 aromatic rings. The van der Waals surface area contributed by atoms with E-state index in [9.17, 15) is 8.78 Å². The van der Waals surface area contributed by atoms with Crippen molar-refractivity contribution in [2.45, 2.75) is 39.7 Å². The summed E-state index contributed by atoms with van der Waals surface area (Å²) < 4.78 is 24.2. The van der Waals surface area contributed by atoms with Crippen molar-refractivity contribution in [2.75, 3.05) is 26.7 Å². The summed E-state index contributed by atoms with van der Waals surface area (Å²) in [7, 11) is 1.74. The van der Waals surface area contributed by atoms with Crippen molar-refractivity contribution in [1.82, 2.24) is 10.2 Å². The molecule has 0 aliphatic carbocycles. The molecule has 0 amide bonds. The van der Waals surface area contributed by atoms with E-state index in [2.05, 4.69) is 19.2 Å². The average molecular weight is 222 g/mol. The van der Waals surface area contributed by atoms with Gasteiger partial charge in [0.2, 0.25) is 0 Å². The zero-order chi connectivity index (χ0) is 11.8. The van der Waals surface area contributed by atoms with Crippen molar-refractivity contribution in [2.24, 2.45) is 5.92 Å². The predicted molar refractivity (Wildman–Crippen MR) is 60.4 cm³/mol.